The van der Waals surface area contributed by atoms with E-state index in [1.165, 1.54) is 18.2 Å². The van der Waals surface area contributed by atoms with Gasteiger partial charge in [0.2, 0.25) is 5.95 Å². The van der Waals surface area contributed by atoms with Crippen LogP contribution in [0.4, 0.5) is 20.4 Å². The van der Waals surface area contributed by atoms with Crippen LogP contribution in [0.5, 0.6) is 5.75 Å². The third-order valence-corrected chi connectivity index (χ3v) is 4.98. The summed E-state index contributed by atoms with van der Waals surface area (Å²) in [5.74, 6) is -0.182. The van der Waals surface area contributed by atoms with E-state index in [1.54, 1.807) is 13.2 Å². The lowest BCUT2D eigenvalue weighted by Gasteiger charge is -2.21. The molecule has 0 bridgehead atoms. The topological polar surface area (TPSA) is 56.1 Å². The molecule has 1 aliphatic heterocycles. The minimum absolute atomic E-state index is 0.311. The van der Waals surface area contributed by atoms with Crippen molar-refractivity contribution in [2.45, 2.75) is 25.8 Å². The number of methoxy groups -OCH3 is 1. The summed E-state index contributed by atoms with van der Waals surface area (Å²) in [6.07, 6.45) is 1.25. The Bertz CT molecular complexity index is 1090. The first-order valence-corrected chi connectivity index (χ1v) is 8.94. The quantitative estimate of drug-likeness (QED) is 0.736. The highest BCUT2D eigenvalue weighted by atomic mass is 19.1. The molecule has 0 saturated heterocycles. The lowest BCUT2D eigenvalue weighted by Crippen LogP contribution is -2.19. The number of nitrogens with zero attached hydrogens (tertiary/aromatic N) is 2. The van der Waals surface area contributed by atoms with E-state index < -0.39 is 11.6 Å². The molecule has 2 heterocycles. The Kier molecular flexibility index (Phi) is 4.58. The van der Waals surface area contributed by atoms with Crippen molar-refractivity contribution in [3.05, 3.63) is 81.3 Å². The van der Waals surface area contributed by atoms with E-state index in [9.17, 15) is 13.6 Å². The number of halogens is 2. The van der Waals surface area contributed by atoms with Gasteiger partial charge in [-0.1, -0.05) is 0 Å². The van der Waals surface area contributed by atoms with Crippen molar-refractivity contribution in [3.8, 4) is 5.75 Å². The maximum absolute atomic E-state index is 13.8. The molecule has 0 aliphatic carbocycles. The number of ether oxygens (including phenoxy) is 1. The molecule has 7 heteroatoms. The Morgan fingerprint density at radius 1 is 1.14 bits per heavy atom. The minimum Gasteiger partial charge on any atom is -0.497 e. The van der Waals surface area contributed by atoms with E-state index in [-0.39, 0.29) is 11.6 Å². The van der Waals surface area contributed by atoms with Gasteiger partial charge < -0.3 is 14.6 Å². The number of anilines is 2. The molecule has 2 aromatic carbocycles. The zero-order chi connectivity index (χ0) is 19.8. The maximum Gasteiger partial charge on any atom is 0.274 e. The van der Waals surface area contributed by atoms with Crippen molar-refractivity contribution in [1.82, 2.24) is 9.55 Å². The molecule has 144 valence electrons. The molecule has 0 spiro atoms. The van der Waals surface area contributed by atoms with Gasteiger partial charge in [-0.05, 0) is 61.2 Å². The molecule has 1 atom stereocenters. The van der Waals surface area contributed by atoms with Crippen LogP contribution < -0.4 is 15.6 Å². The van der Waals surface area contributed by atoms with Crippen LogP contribution in [-0.4, -0.2) is 16.7 Å². The number of hydrogen-bond acceptors (Lipinski definition) is 4. The van der Waals surface area contributed by atoms with Gasteiger partial charge in [-0.15, -0.1) is 0 Å². The lowest BCUT2D eigenvalue weighted by atomic mass is 10.0. The van der Waals surface area contributed by atoms with Crippen molar-refractivity contribution in [1.29, 1.82) is 0 Å². The summed E-state index contributed by atoms with van der Waals surface area (Å²) in [5.41, 5.74) is 2.62. The highest BCUT2D eigenvalue weighted by Gasteiger charge is 2.27. The predicted molar refractivity (Wildman–Crippen MR) is 102 cm³/mol. The summed E-state index contributed by atoms with van der Waals surface area (Å²) in [6.45, 7) is 1.91. The van der Waals surface area contributed by atoms with Crippen molar-refractivity contribution in [3.63, 3.8) is 0 Å². The van der Waals surface area contributed by atoms with E-state index in [0.717, 1.165) is 28.8 Å². The Balaban J connectivity index is 1.79. The maximum atomic E-state index is 13.8. The fraction of sp³-hybridized carbons (Fsp3) is 0.238. The van der Waals surface area contributed by atoms with Crippen LogP contribution in [0.25, 0.3) is 0 Å². The van der Waals surface area contributed by atoms with Gasteiger partial charge in [-0.25, -0.2) is 8.78 Å². The van der Waals surface area contributed by atoms with Gasteiger partial charge >= 0.3 is 0 Å². The zero-order valence-electron chi connectivity index (χ0n) is 15.5. The third kappa shape index (κ3) is 3.35. The van der Waals surface area contributed by atoms with Crippen LogP contribution in [0.15, 0.2) is 47.3 Å². The number of aryl methyl sites for hydroxylation is 2. The summed E-state index contributed by atoms with van der Waals surface area (Å²) in [4.78, 5) is 16.2. The van der Waals surface area contributed by atoms with Crippen molar-refractivity contribution in [2.75, 3.05) is 12.4 Å². The molecule has 4 rings (SSSR count). The number of fused-ring (bicyclic) bond motifs is 1. The molecule has 1 aliphatic rings. The molecule has 3 aromatic rings. The molecule has 1 unspecified atom stereocenters. The SMILES string of the molecule is COc1ccc(Nc2nc(=O)cc3n2C(c2cc(F)cc(F)c2)CC3)c(C)c1. The predicted octanol–water partition coefficient (Wildman–Crippen LogP) is 4.12. The second-order valence-electron chi connectivity index (χ2n) is 6.84. The Morgan fingerprint density at radius 3 is 2.57 bits per heavy atom. The molecule has 0 fully saturated rings. The standard InChI is InChI=1S/C21H19F2N3O2/c1-12-7-17(28-2)4-5-18(12)24-21-25-20(27)11-16-3-6-19(26(16)21)13-8-14(22)10-15(23)9-13/h4-5,7-11,19H,3,6H2,1-2H3,(H,24,25,27). The molecule has 0 amide bonds. The number of nitrogens with one attached hydrogen (secondary N) is 1. The second-order valence-corrected chi connectivity index (χ2v) is 6.84. The van der Waals surface area contributed by atoms with Crippen LogP contribution >= 0.6 is 0 Å². The summed E-state index contributed by atoms with van der Waals surface area (Å²) < 4.78 is 34.6. The van der Waals surface area contributed by atoms with Gasteiger partial charge in [0.1, 0.15) is 17.4 Å². The summed E-state index contributed by atoms with van der Waals surface area (Å²) in [6, 6.07) is 10.2. The monoisotopic (exact) mass is 383 g/mol. The number of benzene rings is 2. The van der Waals surface area contributed by atoms with Crippen molar-refractivity contribution >= 4 is 11.6 Å². The van der Waals surface area contributed by atoms with Gasteiger partial charge in [0.05, 0.1) is 13.2 Å². The Labute approximate surface area is 160 Å². The van der Waals surface area contributed by atoms with Gasteiger partial charge in [-0.3, -0.25) is 4.79 Å². The fourth-order valence-electron chi connectivity index (χ4n) is 3.69. The lowest BCUT2D eigenvalue weighted by molar-refractivity contribution is 0.414. The Hall–Kier alpha value is -3.22. The molecule has 1 N–H and O–H groups in total. The number of rotatable bonds is 4. The van der Waals surface area contributed by atoms with E-state index in [4.69, 9.17) is 4.74 Å². The molecule has 28 heavy (non-hydrogen) atoms. The van der Waals surface area contributed by atoms with Crippen LogP contribution in [-0.2, 0) is 6.42 Å². The zero-order valence-corrected chi connectivity index (χ0v) is 15.5. The average molecular weight is 383 g/mol. The summed E-state index contributed by atoms with van der Waals surface area (Å²) in [5, 5.41) is 3.20. The third-order valence-electron chi connectivity index (χ3n) is 4.98. The number of hydrogen-bond donors (Lipinski definition) is 1. The molecule has 1 aromatic heterocycles. The van der Waals surface area contributed by atoms with Crippen LogP contribution in [0, 0.1) is 18.6 Å². The fourth-order valence-corrected chi connectivity index (χ4v) is 3.69. The van der Waals surface area contributed by atoms with E-state index in [1.807, 2.05) is 23.6 Å². The smallest absolute Gasteiger partial charge is 0.274 e. The van der Waals surface area contributed by atoms with Crippen molar-refractivity contribution < 1.29 is 13.5 Å². The Morgan fingerprint density at radius 2 is 1.89 bits per heavy atom. The molecule has 0 radical (unpaired) electrons. The highest BCUT2D eigenvalue weighted by Crippen LogP contribution is 2.35. The van der Waals surface area contributed by atoms with E-state index in [2.05, 4.69) is 10.3 Å². The van der Waals surface area contributed by atoms with Gasteiger partial charge in [0.15, 0.2) is 0 Å². The summed E-state index contributed by atoms with van der Waals surface area (Å²) in [7, 11) is 1.59. The molecule has 5 nitrogen and oxygen atoms in total. The average Bonchev–Trinajstić information content (AvgIpc) is 3.06. The summed E-state index contributed by atoms with van der Waals surface area (Å²) >= 11 is 0. The van der Waals surface area contributed by atoms with E-state index in [0.29, 0.717) is 24.4 Å². The first-order valence-electron chi connectivity index (χ1n) is 8.94. The van der Waals surface area contributed by atoms with Gasteiger partial charge in [-0.2, -0.15) is 4.98 Å². The largest absolute Gasteiger partial charge is 0.497 e. The normalized spacial score (nSPS) is 15.4. The van der Waals surface area contributed by atoms with Crippen LogP contribution in [0.1, 0.15) is 29.3 Å². The van der Waals surface area contributed by atoms with Crippen LogP contribution in [0.3, 0.4) is 0 Å². The van der Waals surface area contributed by atoms with E-state index >= 15 is 0 Å². The number of aromatic nitrogens is 2. The van der Waals surface area contributed by atoms with Crippen molar-refractivity contribution in [2.24, 2.45) is 0 Å². The first-order chi connectivity index (χ1) is 13.4. The minimum atomic E-state index is -0.627. The van der Waals surface area contributed by atoms with Crippen LogP contribution in [0.2, 0.25) is 0 Å². The van der Waals surface area contributed by atoms with Gasteiger partial charge in [0.25, 0.3) is 5.56 Å². The molecule has 0 saturated carbocycles. The molecular formula is C21H19F2N3O2. The first kappa shape index (κ1) is 18.2. The second kappa shape index (κ2) is 7.07. The molecular weight excluding hydrogens is 364 g/mol. The highest BCUT2D eigenvalue weighted by molar-refractivity contribution is 5.60. The van der Waals surface area contributed by atoms with Gasteiger partial charge in [0, 0.05) is 23.5 Å².